The van der Waals surface area contributed by atoms with Crippen molar-refractivity contribution in [2.24, 2.45) is 5.73 Å². The minimum Gasteiger partial charge on any atom is -0.368 e. The number of hydrogen-bond donors (Lipinski definition) is 1. The lowest BCUT2D eigenvalue weighted by Gasteiger charge is -2.28. The molecule has 0 aliphatic carbocycles. The molecule has 0 aromatic heterocycles. The molecule has 2 N–H and O–H groups in total. The van der Waals surface area contributed by atoms with Gasteiger partial charge in [0.25, 0.3) is 0 Å². The Morgan fingerprint density at radius 2 is 1.89 bits per heavy atom. The summed E-state index contributed by atoms with van der Waals surface area (Å²) >= 11 is 5.75. The molecule has 0 spiro atoms. The minimum atomic E-state index is -3.60. The van der Waals surface area contributed by atoms with Crippen LogP contribution in [0.5, 0.6) is 0 Å². The quantitative estimate of drug-likeness (QED) is 0.889. The van der Waals surface area contributed by atoms with Crippen molar-refractivity contribution in [3.63, 3.8) is 0 Å². The second-order valence-electron chi connectivity index (χ2n) is 3.86. The summed E-state index contributed by atoms with van der Waals surface area (Å²) in [6.07, 6.45) is 1.33. The Bertz CT molecular complexity index is 528. The fourth-order valence-corrected chi connectivity index (χ4v) is 3.02. The molecule has 1 rings (SSSR count). The van der Waals surface area contributed by atoms with Crippen LogP contribution in [0.1, 0.15) is 13.3 Å². The van der Waals surface area contributed by atoms with Gasteiger partial charge in [-0.15, -0.1) is 0 Å². The highest BCUT2D eigenvalue weighted by molar-refractivity contribution is 7.92. The summed E-state index contributed by atoms with van der Waals surface area (Å²) in [7, 11) is -3.60. The van der Waals surface area contributed by atoms with Crippen LogP contribution in [-0.2, 0) is 14.8 Å². The van der Waals surface area contributed by atoms with Crippen molar-refractivity contribution < 1.29 is 13.2 Å². The number of carbonyl (C=O) groups is 1. The van der Waals surface area contributed by atoms with E-state index < -0.39 is 22.0 Å². The molecule has 1 aromatic rings. The number of benzene rings is 1. The lowest BCUT2D eigenvalue weighted by molar-refractivity contribution is -0.119. The van der Waals surface area contributed by atoms with Gasteiger partial charge in [-0.3, -0.25) is 9.10 Å². The summed E-state index contributed by atoms with van der Waals surface area (Å²) in [5.41, 5.74) is 5.61. The smallest absolute Gasteiger partial charge is 0.241 e. The van der Waals surface area contributed by atoms with Gasteiger partial charge in [0.15, 0.2) is 0 Å². The van der Waals surface area contributed by atoms with Crippen LogP contribution in [0.15, 0.2) is 24.3 Å². The van der Waals surface area contributed by atoms with Crippen LogP contribution in [0.2, 0.25) is 5.02 Å². The average molecular weight is 291 g/mol. The molecular weight excluding hydrogens is 276 g/mol. The lowest BCUT2D eigenvalue weighted by Crippen LogP contribution is -2.47. The number of anilines is 1. The number of amides is 1. The number of halogens is 1. The van der Waals surface area contributed by atoms with Gasteiger partial charge in [0.1, 0.15) is 6.04 Å². The predicted octanol–water partition coefficient (Wildman–Crippen LogP) is 1.37. The van der Waals surface area contributed by atoms with Gasteiger partial charge in [-0.25, -0.2) is 8.42 Å². The molecule has 5 nitrogen and oxygen atoms in total. The van der Waals surface area contributed by atoms with Gasteiger partial charge < -0.3 is 5.73 Å². The Balaban J connectivity index is 3.30. The van der Waals surface area contributed by atoms with Crippen LogP contribution in [-0.4, -0.2) is 26.6 Å². The SMILES string of the molecule is CC[C@@H](C(N)=O)N(c1ccc(Cl)cc1)S(C)(=O)=O. The number of nitrogens with zero attached hydrogens (tertiary/aromatic N) is 1. The van der Waals surface area contributed by atoms with Crippen molar-refractivity contribution in [1.29, 1.82) is 0 Å². The topological polar surface area (TPSA) is 80.5 Å². The molecule has 0 saturated carbocycles. The molecule has 0 unspecified atom stereocenters. The molecule has 0 saturated heterocycles. The Hall–Kier alpha value is -1.27. The number of nitrogens with two attached hydrogens (primary N) is 1. The largest absolute Gasteiger partial charge is 0.368 e. The van der Waals surface area contributed by atoms with Crippen molar-refractivity contribution in [2.75, 3.05) is 10.6 Å². The van der Waals surface area contributed by atoms with E-state index in [2.05, 4.69) is 0 Å². The third-order valence-electron chi connectivity index (χ3n) is 2.44. The highest BCUT2D eigenvalue weighted by atomic mass is 35.5. The van der Waals surface area contributed by atoms with E-state index >= 15 is 0 Å². The fourth-order valence-electron chi connectivity index (χ4n) is 1.67. The van der Waals surface area contributed by atoms with E-state index in [0.717, 1.165) is 10.6 Å². The second kappa shape index (κ2) is 5.58. The number of rotatable bonds is 5. The molecule has 0 heterocycles. The van der Waals surface area contributed by atoms with E-state index in [1.165, 1.54) is 12.1 Å². The first-order chi connectivity index (χ1) is 8.27. The first kappa shape index (κ1) is 14.8. The summed E-state index contributed by atoms with van der Waals surface area (Å²) in [6, 6.07) is 5.29. The predicted molar refractivity (Wildman–Crippen MR) is 72.0 cm³/mol. The van der Waals surface area contributed by atoms with Crippen LogP contribution in [0.25, 0.3) is 0 Å². The molecule has 7 heteroatoms. The summed E-state index contributed by atoms with van der Waals surface area (Å²) in [5.74, 6) is -0.683. The average Bonchev–Trinajstić information content (AvgIpc) is 2.25. The molecule has 1 aromatic carbocycles. The van der Waals surface area contributed by atoms with Crippen molar-refractivity contribution in [3.05, 3.63) is 29.3 Å². The van der Waals surface area contributed by atoms with Gasteiger partial charge in [-0.2, -0.15) is 0 Å². The fraction of sp³-hybridized carbons (Fsp3) is 0.364. The van der Waals surface area contributed by atoms with E-state index in [0.29, 0.717) is 17.1 Å². The van der Waals surface area contributed by atoms with E-state index in [-0.39, 0.29) is 0 Å². The molecular formula is C11H15ClN2O3S. The van der Waals surface area contributed by atoms with Gasteiger partial charge in [0.05, 0.1) is 11.9 Å². The van der Waals surface area contributed by atoms with Crippen LogP contribution in [0.3, 0.4) is 0 Å². The third kappa shape index (κ3) is 3.36. The number of hydrogen-bond acceptors (Lipinski definition) is 3. The van der Waals surface area contributed by atoms with Gasteiger partial charge in [0.2, 0.25) is 15.9 Å². The maximum Gasteiger partial charge on any atom is 0.241 e. The van der Waals surface area contributed by atoms with E-state index in [4.69, 9.17) is 17.3 Å². The molecule has 0 fully saturated rings. The van der Waals surface area contributed by atoms with Crippen molar-refractivity contribution in [2.45, 2.75) is 19.4 Å². The van der Waals surface area contributed by atoms with Crippen LogP contribution in [0.4, 0.5) is 5.69 Å². The second-order valence-corrected chi connectivity index (χ2v) is 6.16. The summed E-state index contributed by atoms with van der Waals surface area (Å²) in [5, 5.41) is 0.485. The van der Waals surface area contributed by atoms with E-state index in [1.54, 1.807) is 19.1 Å². The Morgan fingerprint density at radius 3 is 2.22 bits per heavy atom. The highest BCUT2D eigenvalue weighted by Crippen LogP contribution is 2.23. The summed E-state index contributed by atoms with van der Waals surface area (Å²) in [4.78, 5) is 11.3. The lowest BCUT2D eigenvalue weighted by atomic mass is 10.2. The van der Waals surface area contributed by atoms with Crippen molar-refractivity contribution in [1.82, 2.24) is 0 Å². The van der Waals surface area contributed by atoms with Gasteiger partial charge in [-0.05, 0) is 30.7 Å². The third-order valence-corrected chi connectivity index (χ3v) is 3.87. The molecule has 0 radical (unpaired) electrons. The van der Waals surface area contributed by atoms with Crippen molar-refractivity contribution >= 4 is 33.2 Å². The first-order valence-electron chi connectivity index (χ1n) is 5.31. The zero-order valence-electron chi connectivity index (χ0n) is 10.1. The van der Waals surface area contributed by atoms with Gasteiger partial charge in [0, 0.05) is 5.02 Å². The summed E-state index contributed by atoms with van der Waals surface area (Å²) in [6.45, 7) is 1.70. The Kier molecular flexibility index (Phi) is 4.59. The first-order valence-corrected chi connectivity index (χ1v) is 7.54. The highest BCUT2D eigenvalue weighted by Gasteiger charge is 2.29. The zero-order valence-corrected chi connectivity index (χ0v) is 11.7. The molecule has 1 amide bonds. The van der Waals surface area contributed by atoms with Crippen LogP contribution >= 0.6 is 11.6 Å². The Morgan fingerprint density at radius 1 is 1.39 bits per heavy atom. The van der Waals surface area contributed by atoms with Crippen LogP contribution in [0, 0.1) is 0 Å². The van der Waals surface area contributed by atoms with E-state index in [1.807, 2.05) is 0 Å². The maximum atomic E-state index is 11.8. The molecule has 0 bridgehead atoms. The van der Waals surface area contributed by atoms with Crippen molar-refractivity contribution in [3.8, 4) is 0 Å². The molecule has 1 atom stereocenters. The normalized spacial score (nSPS) is 13.1. The number of primary amides is 1. The van der Waals surface area contributed by atoms with E-state index in [9.17, 15) is 13.2 Å². The van der Waals surface area contributed by atoms with Crippen LogP contribution < -0.4 is 10.0 Å². The molecule has 0 aliphatic rings. The number of carbonyl (C=O) groups excluding carboxylic acids is 1. The summed E-state index contributed by atoms with van der Waals surface area (Å²) < 4.78 is 24.6. The maximum absolute atomic E-state index is 11.8. The monoisotopic (exact) mass is 290 g/mol. The number of sulfonamides is 1. The van der Waals surface area contributed by atoms with Gasteiger partial charge in [-0.1, -0.05) is 18.5 Å². The molecule has 0 aliphatic heterocycles. The molecule has 100 valence electrons. The molecule has 18 heavy (non-hydrogen) atoms. The van der Waals surface area contributed by atoms with Gasteiger partial charge >= 0.3 is 0 Å². The Labute approximate surface area is 112 Å². The minimum absolute atomic E-state index is 0.297. The standard InChI is InChI=1S/C11H15ClN2O3S/c1-3-10(11(13)15)14(18(2,16)17)9-6-4-8(12)5-7-9/h4-7,10H,3H2,1-2H3,(H2,13,15)/t10-/m0/s1. The zero-order chi connectivity index (χ0) is 13.9.